The van der Waals surface area contributed by atoms with Gasteiger partial charge in [-0.2, -0.15) is 5.10 Å². The molecule has 0 heterocycles. The summed E-state index contributed by atoms with van der Waals surface area (Å²) >= 11 is 0. The minimum Gasteiger partial charge on any atom is -0.387 e. The molecule has 168 valence electrons. The maximum atomic E-state index is 14.8. The third-order valence-corrected chi connectivity index (χ3v) is 5.21. The first-order valence-electron chi connectivity index (χ1n) is 10.8. The van der Waals surface area contributed by atoms with Crippen molar-refractivity contribution in [3.63, 3.8) is 0 Å². The first kappa shape index (κ1) is 23.4. The summed E-state index contributed by atoms with van der Waals surface area (Å²) in [4.78, 5) is 0. The Kier molecular flexibility index (Phi) is 8.36. The molecule has 0 saturated heterocycles. The van der Waals surface area contributed by atoms with Crippen LogP contribution in [0.4, 0.5) is 10.1 Å². The van der Waals surface area contributed by atoms with E-state index in [4.69, 9.17) is 5.73 Å². The van der Waals surface area contributed by atoms with E-state index in [1.54, 1.807) is 11.1 Å². The summed E-state index contributed by atoms with van der Waals surface area (Å²) < 4.78 is 14.8. The second-order valence-corrected chi connectivity index (χ2v) is 7.99. The van der Waals surface area contributed by atoms with Crippen LogP contribution >= 0.6 is 0 Å². The van der Waals surface area contributed by atoms with E-state index in [2.05, 4.69) is 10.4 Å². The van der Waals surface area contributed by atoms with Gasteiger partial charge in [0.05, 0.1) is 24.4 Å². The van der Waals surface area contributed by atoms with Crippen molar-refractivity contribution in [1.82, 2.24) is 5.32 Å². The zero-order valence-electron chi connectivity index (χ0n) is 18.6. The van der Waals surface area contributed by atoms with Crippen LogP contribution < -0.4 is 16.1 Å². The van der Waals surface area contributed by atoms with Crippen LogP contribution in [0.3, 0.4) is 0 Å². The molecule has 0 bridgehead atoms. The topological polar surface area (TPSA) is 73.9 Å². The monoisotopic (exact) mass is 434 g/mol. The van der Waals surface area contributed by atoms with Gasteiger partial charge in [-0.3, -0.25) is 5.01 Å². The lowest BCUT2D eigenvalue weighted by Gasteiger charge is -2.28. The van der Waals surface area contributed by atoms with E-state index in [9.17, 15) is 9.50 Å². The Bertz CT molecular complexity index is 1010. The third kappa shape index (κ3) is 6.64. The van der Waals surface area contributed by atoms with Gasteiger partial charge < -0.3 is 16.2 Å². The van der Waals surface area contributed by atoms with E-state index in [-0.39, 0.29) is 18.4 Å². The third-order valence-electron chi connectivity index (χ3n) is 5.21. The number of hydrazone groups is 1. The van der Waals surface area contributed by atoms with Gasteiger partial charge in [-0.05, 0) is 49.1 Å². The highest BCUT2D eigenvalue weighted by molar-refractivity contribution is 5.83. The molecule has 3 aromatic carbocycles. The zero-order chi connectivity index (χ0) is 22.9. The molecule has 0 aliphatic carbocycles. The SMILES string of the molecule is Cc1ccc(N(/N=C(\N)CNCC(O)c2ccccc2)C(C)Cc2ccccc2)c(F)c1. The molecule has 0 radical (unpaired) electrons. The van der Waals surface area contributed by atoms with E-state index in [0.717, 1.165) is 16.7 Å². The van der Waals surface area contributed by atoms with Crippen LogP contribution in [0, 0.1) is 12.7 Å². The number of anilines is 1. The number of aliphatic hydroxyl groups is 1. The maximum absolute atomic E-state index is 14.8. The molecule has 0 aliphatic heterocycles. The first-order chi connectivity index (χ1) is 15.4. The number of benzene rings is 3. The van der Waals surface area contributed by atoms with Gasteiger partial charge in [0, 0.05) is 6.54 Å². The van der Waals surface area contributed by atoms with Crippen molar-refractivity contribution >= 4 is 11.5 Å². The van der Waals surface area contributed by atoms with Crippen LogP contribution in [0.5, 0.6) is 0 Å². The van der Waals surface area contributed by atoms with E-state index in [1.165, 1.54) is 6.07 Å². The minimum absolute atomic E-state index is 0.122. The second-order valence-electron chi connectivity index (χ2n) is 7.99. The molecule has 0 amide bonds. The molecule has 5 nitrogen and oxygen atoms in total. The van der Waals surface area contributed by atoms with Crippen LogP contribution in [0.25, 0.3) is 0 Å². The second kappa shape index (κ2) is 11.4. The molecule has 0 aliphatic rings. The Hall–Kier alpha value is -3.22. The number of amidine groups is 1. The molecule has 32 heavy (non-hydrogen) atoms. The zero-order valence-corrected chi connectivity index (χ0v) is 18.6. The number of nitrogens with zero attached hydrogens (tertiary/aromatic N) is 2. The van der Waals surface area contributed by atoms with Gasteiger partial charge in [0.15, 0.2) is 0 Å². The van der Waals surface area contributed by atoms with E-state index >= 15 is 0 Å². The van der Waals surface area contributed by atoms with Gasteiger partial charge in [0.25, 0.3) is 0 Å². The predicted octanol–water partition coefficient (Wildman–Crippen LogP) is 4.17. The van der Waals surface area contributed by atoms with E-state index in [0.29, 0.717) is 24.5 Å². The molecule has 0 saturated carbocycles. The van der Waals surface area contributed by atoms with Crippen molar-refractivity contribution in [2.45, 2.75) is 32.4 Å². The van der Waals surface area contributed by atoms with Gasteiger partial charge in [-0.1, -0.05) is 66.7 Å². The molecule has 2 atom stereocenters. The number of halogens is 1. The molecule has 0 aromatic heterocycles. The number of hydrogen-bond acceptors (Lipinski definition) is 4. The fourth-order valence-corrected chi connectivity index (χ4v) is 3.53. The standard InChI is InChI=1S/C26H31FN4O/c1-19-13-14-24(23(27)15-19)31(20(2)16-21-9-5-3-6-10-21)30-26(28)18-29-17-25(32)22-11-7-4-8-12-22/h3-15,20,25,29,32H,16-18H2,1-2H3,(H2,28,30). The number of hydrogen-bond donors (Lipinski definition) is 3. The van der Waals surface area contributed by atoms with E-state index < -0.39 is 6.10 Å². The van der Waals surface area contributed by atoms with Crippen LogP contribution in [0.15, 0.2) is 84.0 Å². The highest BCUT2D eigenvalue weighted by Gasteiger charge is 2.19. The fourth-order valence-electron chi connectivity index (χ4n) is 3.53. The van der Waals surface area contributed by atoms with Crippen LogP contribution in [0.2, 0.25) is 0 Å². The molecule has 6 heteroatoms. The Balaban J connectivity index is 1.72. The molecule has 3 aromatic rings. The molecule has 0 spiro atoms. The Labute approximate surface area is 189 Å². The highest BCUT2D eigenvalue weighted by Crippen LogP contribution is 2.24. The maximum Gasteiger partial charge on any atom is 0.148 e. The molecule has 3 rings (SSSR count). The average Bonchev–Trinajstić information content (AvgIpc) is 2.79. The smallest absolute Gasteiger partial charge is 0.148 e. The predicted molar refractivity (Wildman–Crippen MR) is 129 cm³/mol. The lowest BCUT2D eigenvalue weighted by atomic mass is 10.1. The molecular weight excluding hydrogens is 403 g/mol. The lowest BCUT2D eigenvalue weighted by molar-refractivity contribution is 0.176. The van der Waals surface area contributed by atoms with Crippen molar-refractivity contribution < 1.29 is 9.50 Å². The van der Waals surface area contributed by atoms with Crippen LogP contribution in [0.1, 0.15) is 29.7 Å². The summed E-state index contributed by atoms with van der Waals surface area (Å²) in [6.45, 7) is 4.45. The molecule has 0 fully saturated rings. The quantitative estimate of drug-likeness (QED) is 0.254. The van der Waals surface area contributed by atoms with Crippen molar-refractivity contribution in [1.29, 1.82) is 0 Å². The summed E-state index contributed by atoms with van der Waals surface area (Å²) in [5.74, 6) is -0.0286. The van der Waals surface area contributed by atoms with Gasteiger partial charge in [-0.25, -0.2) is 4.39 Å². The number of rotatable bonds is 10. The summed E-state index contributed by atoms with van der Waals surface area (Å²) in [5, 5.41) is 19.6. The first-order valence-corrected chi connectivity index (χ1v) is 10.8. The number of aryl methyl sites for hydroxylation is 1. The Morgan fingerprint density at radius 2 is 1.72 bits per heavy atom. The molecular formula is C26H31FN4O. The van der Waals surface area contributed by atoms with Gasteiger partial charge in [-0.15, -0.1) is 0 Å². The number of nitrogens with one attached hydrogen (secondary N) is 1. The van der Waals surface area contributed by atoms with Crippen LogP contribution in [-0.4, -0.2) is 30.1 Å². The highest BCUT2D eigenvalue weighted by atomic mass is 19.1. The van der Waals surface area contributed by atoms with Crippen molar-refractivity contribution in [2.24, 2.45) is 10.8 Å². The average molecular weight is 435 g/mol. The number of nitrogens with two attached hydrogens (primary N) is 1. The number of aliphatic hydroxyl groups excluding tert-OH is 1. The summed E-state index contributed by atoms with van der Waals surface area (Å²) in [7, 11) is 0. The van der Waals surface area contributed by atoms with Crippen molar-refractivity contribution in [3.8, 4) is 0 Å². The largest absolute Gasteiger partial charge is 0.387 e. The van der Waals surface area contributed by atoms with Crippen molar-refractivity contribution in [3.05, 3.63) is 101 Å². The lowest BCUT2D eigenvalue weighted by Crippen LogP contribution is -2.37. The normalized spacial score (nSPS) is 13.6. The summed E-state index contributed by atoms with van der Waals surface area (Å²) in [6.07, 6.45) is 0.0390. The Morgan fingerprint density at radius 3 is 2.38 bits per heavy atom. The summed E-state index contributed by atoms with van der Waals surface area (Å²) in [5.41, 5.74) is 9.38. The minimum atomic E-state index is -0.647. The van der Waals surface area contributed by atoms with Gasteiger partial charge in [0.1, 0.15) is 11.7 Å². The van der Waals surface area contributed by atoms with Crippen LogP contribution in [-0.2, 0) is 6.42 Å². The summed E-state index contributed by atoms with van der Waals surface area (Å²) in [6, 6.07) is 24.4. The molecule has 4 N–H and O–H groups in total. The van der Waals surface area contributed by atoms with Gasteiger partial charge >= 0.3 is 0 Å². The van der Waals surface area contributed by atoms with Gasteiger partial charge in [0.2, 0.25) is 0 Å². The Morgan fingerprint density at radius 1 is 1.06 bits per heavy atom. The molecule has 2 unspecified atom stereocenters. The van der Waals surface area contributed by atoms with Crippen molar-refractivity contribution in [2.75, 3.05) is 18.1 Å². The van der Waals surface area contributed by atoms with E-state index in [1.807, 2.05) is 80.6 Å². The fraction of sp³-hybridized carbons (Fsp3) is 0.269.